The van der Waals surface area contributed by atoms with E-state index in [1.807, 2.05) is 5.43 Å². The van der Waals surface area contributed by atoms with Crippen LogP contribution < -0.4 is 10.7 Å². The van der Waals surface area contributed by atoms with Gasteiger partial charge in [0, 0.05) is 13.1 Å². The molecule has 11 heteroatoms. The summed E-state index contributed by atoms with van der Waals surface area (Å²) in [4.78, 5) is 22.4. The largest absolute Gasteiger partial charge is 0.464 e. The first kappa shape index (κ1) is 22.9. The van der Waals surface area contributed by atoms with E-state index in [4.69, 9.17) is 5.11 Å². The molecule has 0 fully saturated rings. The second-order valence-corrected chi connectivity index (χ2v) is 6.11. The average molecular weight is 431 g/mol. The van der Waals surface area contributed by atoms with E-state index in [2.05, 4.69) is 5.32 Å². The molecule has 6 nitrogen and oxygen atoms in total. The molecule has 0 bridgehead atoms. The Kier molecular flexibility index (Phi) is 7.19. The quantitative estimate of drug-likeness (QED) is 0.485. The maximum absolute atomic E-state index is 14.4. The van der Waals surface area contributed by atoms with Gasteiger partial charge in [0.25, 0.3) is 0 Å². The van der Waals surface area contributed by atoms with Gasteiger partial charge in [-0.3, -0.25) is 0 Å². The molecule has 0 heterocycles. The van der Waals surface area contributed by atoms with Gasteiger partial charge in [0.1, 0.15) is 11.6 Å². The SMILES string of the molecule is CCN(NC(=O)O)C(=O)NCCc1ccc(-c2cccc(F)c2C(F)(F)F)cc1F. The summed E-state index contributed by atoms with van der Waals surface area (Å²) in [6, 6.07) is 5.43. The van der Waals surface area contributed by atoms with Gasteiger partial charge in [0.2, 0.25) is 0 Å². The van der Waals surface area contributed by atoms with E-state index in [1.165, 1.54) is 19.1 Å². The van der Waals surface area contributed by atoms with Crippen LogP contribution in [0.2, 0.25) is 0 Å². The van der Waals surface area contributed by atoms with Crippen LogP contribution in [0.1, 0.15) is 18.1 Å². The molecule has 0 saturated carbocycles. The predicted octanol–water partition coefficient (Wildman–Crippen LogP) is 4.41. The van der Waals surface area contributed by atoms with Crippen molar-refractivity contribution in [3.63, 3.8) is 0 Å². The van der Waals surface area contributed by atoms with Gasteiger partial charge in [0.05, 0.1) is 5.56 Å². The lowest BCUT2D eigenvalue weighted by Gasteiger charge is -2.20. The maximum atomic E-state index is 14.4. The average Bonchev–Trinajstić information content (AvgIpc) is 2.65. The van der Waals surface area contributed by atoms with Crippen molar-refractivity contribution in [1.29, 1.82) is 0 Å². The summed E-state index contributed by atoms with van der Waals surface area (Å²) >= 11 is 0. The van der Waals surface area contributed by atoms with Gasteiger partial charge in [-0.15, -0.1) is 0 Å². The minimum Gasteiger partial charge on any atom is -0.464 e. The molecule has 0 aliphatic carbocycles. The van der Waals surface area contributed by atoms with Crippen molar-refractivity contribution in [3.8, 4) is 11.1 Å². The fourth-order valence-electron chi connectivity index (χ4n) is 2.76. The Morgan fingerprint density at radius 1 is 1.10 bits per heavy atom. The lowest BCUT2D eigenvalue weighted by atomic mass is 9.97. The molecule has 0 spiro atoms. The summed E-state index contributed by atoms with van der Waals surface area (Å²) < 4.78 is 67.6. The smallest absolute Gasteiger partial charge is 0.423 e. The maximum Gasteiger partial charge on any atom is 0.423 e. The molecule has 30 heavy (non-hydrogen) atoms. The van der Waals surface area contributed by atoms with Crippen LogP contribution >= 0.6 is 0 Å². The number of halogens is 5. The Morgan fingerprint density at radius 2 is 1.80 bits per heavy atom. The molecule has 0 atom stereocenters. The van der Waals surface area contributed by atoms with Crippen LogP contribution in [0.25, 0.3) is 11.1 Å². The molecule has 0 aliphatic rings. The van der Waals surface area contributed by atoms with Crippen molar-refractivity contribution < 1.29 is 36.6 Å². The van der Waals surface area contributed by atoms with E-state index >= 15 is 0 Å². The molecular formula is C19H18F5N3O3. The number of benzene rings is 2. The molecule has 2 aromatic carbocycles. The van der Waals surface area contributed by atoms with Gasteiger partial charge in [-0.2, -0.15) is 13.2 Å². The zero-order valence-electron chi connectivity index (χ0n) is 15.7. The Morgan fingerprint density at radius 3 is 2.37 bits per heavy atom. The monoisotopic (exact) mass is 431 g/mol. The molecule has 2 aromatic rings. The number of hydrogen-bond donors (Lipinski definition) is 3. The highest BCUT2D eigenvalue weighted by molar-refractivity contribution is 5.77. The number of hydrazine groups is 1. The fourth-order valence-corrected chi connectivity index (χ4v) is 2.76. The highest BCUT2D eigenvalue weighted by Crippen LogP contribution is 2.39. The van der Waals surface area contributed by atoms with Crippen molar-refractivity contribution in [1.82, 2.24) is 15.8 Å². The van der Waals surface area contributed by atoms with Crippen LogP contribution in [0, 0.1) is 11.6 Å². The number of urea groups is 1. The first-order chi connectivity index (χ1) is 14.0. The van der Waals surface area contributed by atoms with Crippen molar-refractivity contribution >= 4 is 12.1 Å². The van der Waals surface area contributed by atoms with E-state index in [-0.39, 0.29) is 30.6 Å². The Hall–Kier alpha value is -3.37. The Balaban J connectivity index is 2.13. The topological polar surface area (TPSA) is 81.7 Å². The summed E-state index contributed by atoms with van der Waals surface area (Å²) in [6.07, 6.45) is -6.38. The second-order valence-electron chi connectivity index (χ2n) is 6.11. The highest BCUT2D eigenvalue weighted by Gasteiger charge is 2.37. The molecule has 0 aromatic heterocycles. The predicted molar refractivity (Wildman–Crippen MR) is 97.4 cm³/mol. The number of hydrogen-bond acceptors (Lipinski definition) is 2. The van der Waals surface area contributed by atoms with E-state index in [0.717, 1.165) is 23.2 Å². The number of amides is 3. The van der Waals surface area contributed by atoms with Gasteiger partial charge < -0.3 is 10.4 Å². The fraction of sp³-hybridized carbons (Fsp3) is 0.263. The molecule has 0 aliphatic heterocycles. The van der Waals surface area contributed by atoms with E-state index < -0.39 is 41.1 Å². The normalized spacial score (nSPS) is 11.1. The van der Waals surface area contributed by atoms with Crippen molar-refractivity contribution in [2.45, 2.75) is 19.5 Å². The van der Waals surface area contributed by atoms with Crippen LogP contribution in [-0.4, -0.2) is 35.3 Å². The van der Waals surface area contributed by atoms with Crippen molar-refractivity contribution in [2.75, 3.05) is 13.1 Å². The number of nitrogens with zero attached hydrogens (tertiary/aromatic N) is 1. The molecule has 0 saturated heterocycles. The van der Waals surface area contributed by atoms with Crippen LogP contribution in [0.15, 0.2) is 36.4 Å². The minimum absolute atomic E-state index is 0.00222. The van der Waals surface area contributed by atoms with E-state index in [1.54, 1.807) is 0 Å². The molecule has 0 radical (unpaired) electrons. The Labute approximate surface area is 168 Å². The molecule has 162 valence electrons. The first-order valence-electron chi connectivity index (χ1n) is 8.74. The standard InChI is InChI=1S/C19H18F5N3O3/c1-2-27(26-18(29)30)17(28)25-9-8-11-6-7-12(10-15(11)21)13-4-3-5-14(20)16(13)19(22,23)24/h3-7,10,26H,2,8-9H2,1H3,(H,25,28)(H,29,30). The highest BCUT2D eigenvalue weighted by atomic mass is 19.4. The van der Waals surface area contributed by atoms with Gasteiger partial charge in [0.15, 0.2) is 0 Å². The molecular weight excluding hydrogens is 413 g/mol. The van der Waals surface area contributed by atoms with Crippen LogP contribution in [0.3, 0.4) is 0 Å². The summed E-state index contributed by atoms with van der Waals surface area (Å²) in [5.41, 5.74) is -0.119. The molecule has 2 rings (SSSR count). The summed E-state index contributed by atoms with van der Waals surface area (Å²) in [5.74, 6) is -2.28. The summed E-state index contributed by atoms with van der Waals surface area (Å²) in [5, 5.41) is 11.8. The first-order valence-corrected chi connectivity index (χ1v) is 8.74. The third-order valence-corrected chi connectivity index (χ3v) is 4.12. The number of rotatable bonds is 5. The summed E-state index contributed by atoms with van der Waals surface area (Å²) in [6.45, 7) is 1.53. The van der Waals surface area contributed by atoms with Crippen LogP contribution in [-0.2, 0) is 12.6 Å². The molecule has 0 unspecified atom stereocenters. The van der Waals surface area contributed by atoms with Gasteiger partial charge in [-0.1, -0.05) is 24.3 Å². The van der Waals surface area contributed by atoms with Crippen molar-refractivity contribution in [3.05, 3.63) is 59.2 Å². The van der Waals surface area contributed by atoms with Crippen molar-refractivity contribution in [2.24, 2.45) is 0 Å². The number of nitrogens with one attached hydrogen (secondary N) is 2. The number of carbonyl (C=O) groups excluding carboxylic acids is 1. The third-order valence-electron chi connectivity index (χ3n) is 4.12. The lowest BCUT2D eigenvalue weighted by Crippen LogP contribution is -2.50. The zero-order valence-corrected chi connectivity index (χ0v) is 15.7. The van der Waals surface area contributed by atoms with E-state index in [0.29, 0.717) is 6.07 Å². The number of alkyl halides is 3. The van der Waals surface area contributed by atoms with E-state index in [9.17, 15) is 31.5 Å². The minimum atomic E-state index is -4.95. The zero-order chi connectivity index (χ0) is 22.5. The number of carbonyl (C=O) groups is 2. The lowest BCUT2D eigenvalue weighted by molar-refractivity contribution is -0.139. The van der Waals surface area contributed by atoms with Gasteiger partial charge in [-0.05, 0) is 42.2 Å². The van der Waals surface area contributed by atoms with Gasteiger partial charge >= 0.3 is 18.3 Å². The molecule has 3 amide bonds. The second kappa shape index (κ2) is 9.42. The van der Waals surface area contributed by atoms with Gasteiger partial charge in [-0.25, -0.2) is 28.8 Å². The molecule has 3 N–H and O–H groups in total. The third kappa shape index (κ3) is 5.58. The Bertz CT molecular complexity index is 934. The van der Waals surface area contributed by atoms with Crippen LogP contribution in [0.4, 0.5) is 31.5 Å². The number of carboxylic acid groups (broad SMARTS) is 1. The van der Waals surface area contributed by atoms with Crippen LogP contribution in [0.5, 0.6) is 0 Å². The summed E-state index contributed by atoms with van der Waals surface area (Å²) in [7, 11) is 0.